The van der Waals surface area contributed by atoms with Gasteiger partial charge >= 0.3 is 0 Å². The molecule has 6 heteroatoms. The quantitative estimate of drug-likeness (QED) is 0.695. The molecular formula is C16H16N2O4. The number of non-ortho nitro benzene ring substituents is 1. The van der Waals surface area contributed by atoms with E-state index in [1.54, 1.807) is 12.1 Å². The van der Waals surface area contributed by atoms with E-state index in [1.165, 1.54) is 6.07 Å². The second-order valence-corrected chi connectivity index (χ2v) is 5.32. The van der Waals surface area contributed by atoms with Gasteiger partial charge in [0.25, 0.3) is 5.69 Å². The molecule has 114 valence electrons. The van der Waals surface area contributed by atoms with Crippen molar-refractivity contribution in [1.82, 2.24) is 0 Å². The van der Waals surface area contributed by atoms with Crippen molar-refractivity contribution in [3.63, 3.8) is 0 Å². The molecule has 1 aliphatic rings. The second-order valence-electron chi connectivity index (χ2n) is 5.32. The van der Waals surface area contributed by atoms with Gasteiger partial charge in [-0.15, -0.1) is 0 Å². The van der Waals surface area contributed by atoms with Crippen molar-refractivity contribution in [2.24, 2.45) is 5.73 Å². The smallest absolute Gasteiger partial charge is 0.270 e. The van der Waals surface area contributed by atoms with E-state index < -0.39 is 11.0 Å². The highest BCUT2D eigenvalue weighted by Crippen LogP contribution is 2.36. The molecule has 1 atom stereocenters. The van der Waals surface area contributed by atoms with Crippen LogP contribution in [0, 0.1) is 24.0 Å². The molecule has 3 rings (SSSR count). The lowest BCUT2D eigenvalue weighted by Crippen LogP contribution is -2.14. The third kappa shape index (κ3) is 2.37. The Bertz CT molecular complexity index is 758. The zero-order valence-electron chi connectivity index (χ0n) is 12.3. The monoisotopic (exact) mass is 300 g/mol. The average Bonchev–Trinajstić information content (AvgIpc) is 2.96. The van der Waals surface area contributed by atoms with E-state index in [2.05, 4.69) is 0 Å². The van der Waals surface area contributed by atoms with Crippen molar-refractivity contribution >= 4 is 5.69 Å². The summed E-state index contributed by atoms with van der Waals surface area (Å²) in [5.74, 6) is 1.33. The number of aryl methyl sites for hydroxylation is 1. The van der Waals surface area contributed by atoms with Crippen molar-refractivity contribution in [1.29, 1.82) is 0 Å². The van der Waals surface area contributed by atoms with E-state index in [0.717, 1.165) is 22.3 Å². The van der Waals surface area contributed by atoms with E-state index >= 15 is 0 Å². The third-order valence-corrected chi connectivity index (χ3v) is 3.99. The highest BCUT2D eigenvalue weighted by molar-refractivity contribution is 5.51. The maximum absolute atomic E-state index is 11.1. The lowest BCUT2D eigenvalue weighted by atomic mass is 9.92. The van der Waals surface area contributed by atoms with Crippen LogP contribution in [-0.2, 0) is 0 Å². The molecule has 2 N–H and O–H groups in total. The lowest BCUT2D eigenvalue weighted by molar-refractivity contribution is -0.385. The molecule has 6 nitrogen and oxygen atoms in total. The molecule has 1 aliphatic heterocycles. The van der Waals surface area contributed by atoms with Crippen LogP contribution < -0.4 is 15.2 Å². The van der Waals surface area contributed by atoms with Gasteiger partial charge in [-0.25, -0.2) is 0 Å². The van der Waals surface area contributed by atoms with Gasteiger partial charge in [0, 0.05) is 12.1 Å². The Morgan fingerprint density at radius 2 is 1.91 bits per heavy atom. The van der Waals surface area contributed by atoms with Crippen LogP contribution in [0.1, 0.15) is 28.3 Å². The molecule has 0 spiro atoms. The zero-order valence-corrected chi connectivity index (χ0v) is 12.3. The Morgan fingerprint density at radius 3 is 2.64 bits per heavy atom. The van der Waals surface area contributed by atoms with E-state index in [4.69, 9.17) is 15.2 Å². The minimum absolute atomic E-state index is 0.0503. The number of benzene rings is 2. The first-order chi connectivity index (χ1) is 10.5. The number of nitro groups is 1. The number of nitrogens with two attached hydrogens (primary N) is 1. The van der Waals surface area contributed by atoms with Crippen molar-refractivity contribution in [3.8, 4) is 11.5 Å². The normalized spacial score (nSPS) is 14.0. The molecule has 0 aliphatic carbocycles. The van der Waals surface area contributed by atoms with Gasteiger partial charge in [-0.05, 0) is 48.2 Å². The van der Waals surface area contributed by atoms with Crippen molar-refractivity contribution in [2.45, 2.75) is 19.9 Å². The molecule has 0 aromatic heterocycles. The summed E-state index contributed by atoms with van der Waals surface area (Å²) in [6.45, 7) is 3.96. The number of nitrogens with zero attached hydrogens (tertiary/aromatic N) is 1. The highest BCUT2D eigenvalue weighted by atomic mass is 16.7. The zero-order chi connectivity index (χ0) is 15.9. The molecule has 22 heavy (non-hydrogen) atoms. The predicted octanol–water partition coefficient (Wildman–Crippen LogP) is 2.99. The summed E-state index contributed by atoms with van der Waals surface area (Å²) in [7, 11) is 0. The maximum Gasteiger partial charge on any atom is 0.270 e. The molecule has 0 bridgehead atoms. The van der Waals surface area contributed by atoms with Crippen LogP contribution in [0.3, 0.4) is 0 Å². The van der Waals surface area contributed by atoms with Gasteiger partial charge in [0.2, 0.25) is 6.79 Å². The second kappa shape index (κ2) is 5.31. The van der Waals surface area contributed by atoms with Gasteiger partial charge in [0.15, 0.2) is 11.5 Å². The van der Waals surface area contributed by atoms with Gasteiger partial charge in [-0.2, -0.15) is 0 Å². The van der Waals surface area contributed by atoms with Crippen LogP contribution in [-0.4, -0.2) is 11.7 Å². The van der Waals surface area contributed by atoms with Crippen LogP contribution in [0.5, 0.6) is 11.5 Å². The Hall–Kier alpha value is -2.60. The fourth-order valence-corrected chi connectivity index (χ4v) is 2.58. The van der Waals surface area contributed by atoms with Crippen molar-refractivity contribution in [3.05, 3.63) is 62.7 Å². The molecule has 1 unspecified atom stereocenters. The van der Waals surface area contributed by atoms with E-state index in [0.29, 0.717) is 11.5 Å². The van der Waals surface area contributed by atoms with Gasteiger partial charge in [0.05, 0.1) is 11.0 Å². The molecular weight excluding hydrogens is 284 g/mol. The third-order valence-electron chi connectivity index (χ3n) is 3.99. The van der Waals surface area contributed by atoms with Crippen LogP contribution in [0.4, 0.5) is 5.69 Å². The van der Waals surface area contributed by atoms with E-state index in [1.807, 2.05) is 26.0 Å². The number of fused-ring (bicyclic) bond motifs is 1. The molecule has 0 saturated carbocycles. The number of rotatable bonds is 3. The molecule has 2 aromatic rings. The number of hydrogen-bond donors (Lipinski definition) is 1. The first-order valence-corrected chi connectivity index (χ1v) is 6.88. The summed E-state index contributed by atoms with van der Waals surface area (Å²) in [4.78, 5) is 10.7. The van der Waals surface area contributed by atoms with Crippen LogP contribution in [0.2, 0.25) is 0 Å². The first-order valence-electron chi connectivity index (χ1n) is 6.88. The molecule has 0 amide bonds. The molecule has 1 heterocycles. The molecule has 0 fully saturated rings. The maximum atomic E-state index is 11.1. The van der Waals surface area contributed by atoms with Crippen LogP contribution in [0.15, 0.2) is 30.3 Å². The fourth-order valence-electron chi connectivity index (χ4n) is 2.58. The summed E-state index contributed by atoms with van der Waals surface area (Å²) in [5, 5.41) is 11.1. The summed E-state index contributed by atoms with van der Waals surface area (Å²) in [6.07, 6.45) is 0. The summed E-state index contributed by atoms with van der Waals surface area (Å²) >= 11 is 0. The minimum atomic E-state index is -0.465. The summed E-state index contributed by atoms with van der Waals surface area (Å²) < 4.78 is 10.6. The van der Waals surface area contributed by atoms with Crippen LogP contribution in [0.25, 0.3) is 0 Å². The fraction of sp³-hybridized carbons (Fsp3) is 0.250. The topological polar surface area (TPSA) is 87.6 Å². The minimum Gasteiger partial charge on any atom is -0.454 e. The first kappa shape index (κ1) is 14.3. The van der Waals surface area contributed by atoms with Crippen molar-refractivity contribution in [2.75, 3.05) is 6.79 Å². The molecule has 2 aromatic carbocycles. The predicted molar refractivity (Wildman–Crippen MR) is 81.2 cm³/mol. The lowest BCUT2D eigenvalue weighted by Gasteiger charge is -2.17. The van der Waals surface area contributed by atoms with Gasteiger partial charge < -0.3 is 15.2 Å². The summed E-state index contributed by atoms with van der Waals surface area (Å²) in [5.41, 5.74) is 9.75. The largest absolute Gasteiger partial charge is 0.454 e. The van der Waals surface area contributed by atoms with Gasteiger partial charge in [-0.3, -0.25) is 10.1 Å². The summed E-state index contributed by atoms with van der Waals surface area (Å²) in [6, 6.07) is 8.11. The van der Waals surface area contributed by atoms with E-state index in [9.17, 15) is 10.1 Å². The number of hydrogen-bond acceptors (Lipinski definition) is 5. The average molecular weight is 300 g/mol. The van der Waals surface area contributed by atoms with E-state index in [-0.39, 0.29) is 12.5 Å². The Balaban J connectivity index is 2.05. The number of ether oxygens (including phenoxy) is 2. The molecule has 0 saturated heterocycles. The molecule has 0 radical (unpaired) electrons. The highest BCUT2D eigenvalue weighted by Gasteiger charge is 2.21. The standard InChI is InChI=1S/C16H16N2O4/c1-9-5-12(18(19)20)7-13(10(9)2)16(17)11-3-4-14-15(6-11)22-8-21-14/h3-7,16H,8,17H2,1-2H3. The van der Waals surface area contributed by atoms with Gasteiger partial charge in [-0.1, -0.05) is 6.07 Å². The number of nitro benzene ring substituents is 1. The SMILES string of the molecule is Cc1cc([N+](=O)[O-])cc(C(N)c2ccc3c(c2)OCO3)c1C. The Kier molecular flexibility index (Phi) is 3.46. The Labute approximate surface area is 127 Å². The van der Waals surface area contributed by atoms with Crippen molar-refractivity contribution < 1.29 is 14.4 Å². The van der Waals surface area contributed by atoms with Gasteiger partial charge in [0.1, 0.15) is 0 Å². The Morgan fingerprint density at radius 1 is 1.18 bits per heavy atom. The van der Waals surface area contributed by atoms with Crippen LogP contribution >= 0.6 is 0 Å².